The van der Waals surface area contributed by atoms with Crippen molar-refractivity contribution in [3.8, 4) is 6.07 Å². The standard InChI is InChI=1S/C18H18N2O2/c1-14(16-7-3-2-4-8-16)20(11-10-18(21)22)17-9-5-6-15(12-17)13-19/h2-9,12,14H,10-11H2,1H3,(H,21,22). The van der Waals surface area contributed by atoms with Gasteiger partial charge >= 0.3 is 5.97 Å². The quantitative estimate of drug-likeness (QED) is 0.884. The van der Waals surface area contributed by atoms with Gasteiger partial charge in [0.15, 0.2) is 0 Å². The normalized spacial score (nSPS) is 11.5. The van der Waals surface area contributed by atoms with Crippen molar-refractivity contribution in [2.24, 2.45) is 0 Å². The number of nitrogens with zero attached hydrogens (tertiary/aromatic N) is 2. The molecule has 0 aliphatic rings. The van der Waals surface area contributed by atoms with E-state index in [0.717, 1.165) is 11.3 Å². The highest BCUT2D eigenvalue weighted by Crippen LogP contribution is 2.27. The molecule has 1 unspecified atom stereocenters. The lowest BCUT2D eigenvalue weighted by Crippen LogP contribution is -2.29. The molecule has 0 bridgehead atoms. The van der Waals surface area contributed by atoms with Crippen LogP contribution in [0.3, 0.4) is 0 Å². The third kappa shape index (κ3) is 3.86. The monoisotopic (exact) mass is 294 g/mol. The lowest BCUT2D eigenvalue weighted by atomic mass is 10.1. The zero-order valence-corrected chi connectivity index (χ0v) is 12.4. The van der Waals surface area contributed by atoms with Gasteiger partial charge in [0, 0.05) is 12.2 Å². The van der Waals surface area contributed by atoms with Crippen molar-refractivity contribution in [1.29, 1.82) is 5.26 Å². The summed E-state index contributed by atoms with van der Waals surface area (Å²) in [6.45, 7) is 2.43. The minimum atomic E-state index is -0.832. The molecule has 4 nitrogen and oxygen atoms in total. The lowest BCUT2D eigenvalue weighted by Gasteiger charge is -2.31. The van der Waals surface area contributed by atoms with Crippen LogP contribution in [0.25, 0.3) is 0 Å². The molecule has 1 N–H and O–H groups in total. The SMILES string of the molecule is CC(c1ccccc1)N(CCC(=O)O)c1cccc(C#N)c1. The number of rotatable bonds is 6. The van der Waals surface area contributed by atoms with Gasteiger partial charge in [-0.2, -0.15) is 5.26 Å². The number of hydrogen-bond acceptors (Lipinski definition) is 3. The summed E-state index contributed by atoms with van der Waals surface area (Å²) in [6.07, 6.45) is 0.0496. The molecule has 0 fully saturated rings. The Kier molecular flexibility index (Phi) is 5.16. The summed E-state index contributed by atoms with van der Waals surface area (Å²) in [5, 5.41) is 18.0. The Labute approximate surface area is 130 Å². The molecule has 0 aromatic heterocycles. The van der Waals surface area contributed by atoms with Crippen LogP contribution in [0.1, 0.15) is 30.5 Å². The summed E-state index contributed by atoms with van der Waals surface area (Å²) in [4.78, 5) is 13.0. The zero-order chi connectivity index (χ0) is 15.9. The van der Waals surface area contributed by atoms with Crippen LogP contribution in [-0.2, 0) is 4.79 Å². The van der Waals surface area contributed by atoms with Gasteiger partial charge in [0.2, 0.25) is 0 Å². The molecule has 22 heavy (non-hydrogen) atoms. The van der Waals surface area contributed by atoms with Crippen molar-refractivity contribution in [1.82, 2.24) is 0 Å². The van der Waals surface area contributed by atoms with Crippen molar-refractivity contribution in [3.63, 3.8) is 0 Å². The predicted octanol–water partition coefficient (Wildman–Crippen LogP) is 3.60. The average Bonchev–Trinajstić information content (AvgIpc) is 2.55. The second-order valence-corrected chi connectivity index (χ2v) is 5.09. The van der Waals surface area contributed by atoms with Gasteiger partial charge in [0.25, 0.3) is 0 Å². The second kappa shape index (κ2) is 7.28. The van der Waals surface area contributed by atoms with E-state index in [4.69, 9.17) is 10.4 Å². The minimum absolute atomic E-state index is 0.0227. The Bertz CT molecular complexity index is 677. The minimum Gasteiger partial charge on any atom is -0.481 e. The first-order valence-corrected chi connectivity index (χ1v) is 7.15. The van der Waals surface area contributed by atoms with E-state index >= 15 is 0 Å². The van der Waals surface area contributed by atoms with Crippen LogP contribution in [0, 0.1) is 11.3 Å². The van der Waals surface area contributed by atoms with Gasteiger partial charge in [-0.25, -0.2) is 0 Å². The topological polar surface area (TPSA) is 64.3 Å². The molecular weight excluding hydrogens is 276 g/mol. The molecule has 4 heteroatoms. The van der Waals surface area contributed by atoms with E-state index in [1.807, 2.05) is 54.3 Å². The molecule has 0 heterocycles. The van der Waals surface area contributed by atoms with E-state index in [1.54, 1.807) is 12.1 Å². The first-order valence-electron chi connectivity index (χ1n) is 7.15. The molecule has 0 radical (unpaired) electrons. The largest absolute Gasteiger partial charge is 0.481 e. The third-order valence-corrected chi connectivity index (χ3v) is 3.62. The molecule has 112 valence electrons. The third-order valence-electron chi connectivity index (χ3n) is 3.62. The average molecular weight is 294 g/mol. The maximum Gasteiger partial charge on any atom is 0.305 e. The van der Waals surface area contributed by atoms with Crippen LogP contribution >= 0.6 is 0 Å². The number of anilines is 1. The molecule has 2 aromatic rings. The van der Waals surface area contributed by atoms with E-state index in [-0.39, 0.29) is 12.5 Å². The van der Waals surface area contributed by atoms with Crippen molar-refractivity contribution < 1.29 is 9.90 Å². The summed E-state index contributed by atoms with van der Waals surface area (Å²) in [5.41, 5.74) is 2.53. The highest BCUT2D eigenvalue weighted by molar-refractivity contribution is 5.68. The van der Waals surface area contributed by atoms with Crippen molar-refractivity contribution in [2.75, 3.05) is 11.4 Å². The van der Waals surface area contributed by atoms with Gasteiger partial charge < -0.3 is 10.0 Å². The summed E-state index contributed by atoms with van der Waals surface area (Å²) in [6, 6.07) is 19.3. The fourth-order valence-corrected chi connectivity index (χ4v) is 2.43. The van der Waals surface area contributed by atoms with Crippen LogP contribution in [0.5, 0.6) is 0 Å². The smallest absolute Gasteiger partial charge is 0.305 e. The van der Waals surface area contributed by atoms with Crippen molar-refractivity contribution in [3.05, 3.63) is 65.7 Å². The molecule has 0 aliphatic heterocycles. The first-order chi connectivity index (χ1) is 10.6. The molecule has 0 saturated carbocycles. The van der Waals surface area contributed by atoms with Crippen LogP contribution in [0.2, 0.25) is 0 Å². The first kappa shape index (κ1) is 15.6. The van der Waals surface area contributed by atoms with Gasteiger partial charge in [-0.05, 0) is 30.7 Å². The summed E-state index contributed by atoms with van der Waals surface area (Å²) >= 11 is 0. The molecule has 2 rings (SSSR count). The number of carboxylic acids is 1. The molecule has 0 saturated heterocycles. The number of benzene rings is 2. The van der Waals surface area contributed by atoms with Crippen molar-refractivity contribution in [2.45, 2.75) is 19.4 Å². The number of aliphatic carboxylic acids is 1. The maximum atomic E-state index is 10.9. The second-order valence-electron chi connectivity index (χ2n) is 5.09. The van der Waals surface area contributed by atoms with Crippen LogP contribution in [-0.4, -0.2) is 17.6 Å². The van der Waals surface area contributed by atoms with Gasteiger partial charge in [-0.1, -0.05) is 36.4 Å². The number of carboxylic acid groups (broad SMARTS) is 1. The van der Waals surface area contributed by atoms with Gasteiger partial charge in [0.1, 0.15) is 0 Å². The van der Waals surface area contributed by atoms with Crippen LogP contribution in [0.4, 0.5) is 5.69 Å². The van der Waals surface area contributed by atoms with Gasteiger partial charge in [-0.3, -0.25) is 4.79 Å². The maximum absolute atomic E-state index is 10.9. The summed E-state index contributed by atoms with van der Waals surface area (Å²) in [7, 11) is 0. The van der Waals surface area contributed by atoms with E-state index in [1.165, 1.54) is 0 Å². The Balaban J connectivity index is 2.33. The highest BCUT2D eigenvalue weighted by Gasteiger charge is 2.17. The Morgan fingerprint density at radius 1 is 1.23 bits per heavy atom. The summed E-state index contributed by atoms with van der Waals surface area (Å²) in [5.74, 6) is -0.832. The number of hydrogen-bond donors (Lipinski definition) is 1. The Morgan fingerprint density at radius 2 is 1.95 bits per heavy atom. The fourth-order valence-electron chi connectivity index (χ4n) is 2.43. The molecule has 0 aliphatic carbocycles. The number of carbonyl (C=O) groups is 1. The lowest BCUT2D eigenvalue weighted by molar-refractivity contribution is -0.136. The Morgan fingerprint density at radius 3 is 2.59 bits per heavy atom. The molecule has 1 atom stereocenters. The molecular formula is C18H18N2O2. The summed E-state index contributed by atoms with van der Waals surface area (Å²) < 4.78 is 0. The highest BCUT2D eigenvalue weighted by atomic mass is 16.4. The van der Waals surface area contributed by atoms with Crippen LogP contribution in [0.15, 0.2) is 54.6 Å². The molecule has 2 aromatic carbocycles. The van der Waals surface area contributed by atoms with E-state index in [9.17, 15) is 4.79 Å². The van der Waals surface area contributed by atoms with Crippen molar-refractivity contribution >= 4 is 11.7 Å². The molecule has 0 amide bonds. The van der Waals surface area contributed by atoms with Crippen LogP contribution < -0.4 is 4.90 Å². The zero-order valence-electron chi connectivity index (χ0n) is 12.4. The number of nitriles is 1. The predicted molar refractivity (Wildman–Crippen MR) is 85.6 cm³/mol. The Hall–Kier alpha value is -2.80. The van der Waals surface area contributed by atoms with Gasteiger partial charge in [-0.15, -0.1) is 0 Å². The molecule has 0 spiro atoms. The van der Waals surface area contributed by atoms with E-state index in [0.29, 0.717) is 12.1 Å². The fraction of sp³-hybridized carbons (Fsp3) is 0.222. The van der Waals surface area contributed by atoms with E-state index < -0.39 is 5.97 Å². The van der Waals surface area contributed by atoms with E-state index in [2.05, 4.69) is 6.07 Å². The van der Waals surface area contributed by atoms with Gasteiger partial charge in [0.05, 0.1) is 24.1 Å².